The van der Waals surface area contributed by atoms with Gasteiger partial charge in [-0.05, 0) is 42.5 Å². The van der Waals surface area contributed by atoms with Crippen LogP contribution in [0.4, 0.5) is 0 Å². The normalized spacial score (nSPS) is 21.0. The predicted octanol–water partition coefficient (Wildman–Crippen LogP) is 3.54. The molecule has 1 amide bonds. The van der Waals surface area contributed by atoms with Crippen molar-refractivity contribution in [1.82, 2.24) is 4.72 Å². The number of rotatable bonds is 6. The molecule has 2 aliphatic carbocycles. The average molecular weight is 446 g/mol. The van der Waals surface area contributed by atoms with E-state index in [1.54, 1.807) is 12.1 Å². The molecule has 0 aromatic heterocycles. The van der Waals surface area contributed by atoms with Crippen LogP contribution in [-0.2, 0) is 26.0 Å². The first-order valence-corrected chi connectivity index (χ1v) is 11.6. The number of hydrogen-bond donors (Lipinski definition) is 1. The fraction of sp³-hybridized carbons (Fsp3) is 0.474. The van der Waals surface area contributed by atoms with E-state index in [2.05, 4.69) is 6.92 Å². The summed E-state index contributed by atoms with van der Waals surface area (Å²) in [6.45, 7) is 1.60. The van der Waals surface area contributed by atoms with Gasteiger partial charge in [-0.2, -0.15) is 0 Å². The molecule has 3 rings (SSSR count). The largest absolute Gasteiger partial charge is 0.482 e. The summed E-state index contributed by atoms with van der Waals surface area (Å²) in [7, 11) is -3.67. The summed E-state index contributed by atoms with van der Waals surface area (Å²) >= 11 is 12.9. The minimum Gasteiger partial charge on any atom is -0.482 e. The van der Waals surface area contributed by atoms with Crippen LogP contribution < -0.4 is 9.46 Å². The highest BCUT2D eigenvalue weighted by Crippen LogP contribution is 2.58. The van der Waals surface area contributed by atoms with Crippen molar-refractivity contribution >= 4 is 50.5 Å². The average Bonchev–Trinajstić information content (AvgIpc) is 2.89. The van der Waals surface area contributed by atoms with Crippen molar-refractivity contribution in [1.29, 1.82) is 0 Å². The Hall–Kier alpha value is -1.57. The molecular formula is C19H21Cl2NO5S. The number of halogens is 2. The highest BCUT2D eigenvalue weighted by Gasteiger charge is 2.45. The molecule has 0 spiro atoms. The van der Waals surface area contributed by atoms with E-state index in [4.69, 9.17) is 27.9 Å². The minimum absolute atomic E-state index is 0.0829. The number of ketones is 1. The van der Waals surface area contributed by atoms with Crippen molar-refractivity contribution in [2.75, 3.05) is 12.9 Å². The molecule has 0 radical (unpaired) electrons. The van der Waals surface area contributed by atoms with Crippen LogP contribution in [0.3, 0.4) is 0 Å². The molecule has 0 saturated carbocycles. The molecule has 2 aliphatic rings. The van der Waals surface area contributed by atoms with Gasteiger partial charge in [-0.1, -0.05) is 36.5 Å². The van der Waals surface area contributed by atoms with Crippen LogP contribution in [0.15, 0.2) is 12.1 Å². The molecular weight excluding hydrogens is 425 g/mol. The molecule has 0 saturated heterocycles. The Bertz CT molecular complexity index is 987. The first-order valence-electron chi connectivity index (χ1n) is 8.96. The Morgan fingerprint density at radius 3 is 2.68 bits per heavy atom. The Kier molecular flexibility index (Phi) is 5.81. The number of sulfonamides is 1. The number of nitrogens with one attached hydrogen (secondary N) is 1. The number of carbonyl (C=O) groups excluding carboxylic acids is 2. The van der Waals surface area contributed by atoms with Crippen molar-refractivity contribution < 1.29 is 22.7 Å². The summed E-state index contributed by atoms with van der Waals surface area (Å²) in [6.07, 6.45) is 6.47. The lowest BCUT2D eigenvalue weighted by atomic mass is 9.70. The van der Waals surface area contributed by atoms with Crippen LogP contribution in [0.1, 0.15) is 43.7 Å². The van der Waals surface area contributed by atoms with Crippen molar-refractivity contribution in [3.05, 3.63) is 33.3 Å². The Labute approximate surface area is 174 Å². The first-order chi connectivity index (χ1) is 13.1. The number of carbonyl (C=O) groups is 2. The zero-order chi connectivity index (χ0) is 20.7. The van der Waals surface area contributed by atoms with Gasteiger partial charge >= 0.3 is 0 Å². The second-order valence-electron chi connectivity index (χ2n) is 7.35. The molecule has 6 nitrogen and oxygen atoms in total. The fourth-order valence-electron chi connectivity index (χ4n) is 4.16. The van der Waals surface area contributed by atoms with E-state index in [0.717, 1.165) is 48.6 Å². The molecule has 1 aromatic carbocycles. The Morgan fingerprint density at radius 1 is 1.32 bits per heavy atom. The molecule has 0 bridgehead atoms. The standard InChI is InChI=1S/C19H21Cl2NO5S/c1-3-5-19-6-4-12(23)8-13(19)16-11(9-19)7-14(17(20)18(16)21)27-10-15(24)22-28(2,25)26/h7-8H,3-6,9-10H2,1-2H3,(H,22,24). The molecule has 0 aliphatic heterocycles. The highest BCUT2D eigenvalue weighted by atomic mass is 35.5. The van der Waals surface area contributed by atoms with Crippen LogP contribution >= 0.6 is 23.2 Å². The van der Waals surface area contributed by atoms with Gasteiger partial charge in [0.05, 0.1) is 11.3 Å². The maximum absolute atomic E-state index is 12.0. The van der Waals surface area contributed by atoms with Crippen LogP contribution in [-0.4, -0.2) is 33.0 Å². The minimum atomic E-state index is -3.67. The molecule has 28 heavy (non-hydrogen) atoms. The Balaban J connectivity index is 1.94. The number of amides is 1. The van der Waals surface area contributed by atoms with Gasteiger partial charge in [0.25, 0.3) is 5.91 Å². The van der Waals surface area contributed by atoms with Gasteiger partial charge in [-0.25, -0.2) is 8.42 Å². The molecule has 1 aromatic rings. The maximum Gasteiger partial charge on any atom is 0.271 e. The van der Waals surface area contributed by atoms with Crippen LogP contribution in [0.2, 0.25) is 10.0 Å². The summed E-state index contributed by atoms with van der Waals surface area (Å²) in [4.78, 5) is 23.7. The van der Waals surface area contributed by atoms with E-state index in [0.29, 0.717) is 6.42 Å². The van der Waals surface area contributed by atoms with E-state index < -0.39 is 22.5 Å². The van der Waals surface area contributed by atoms with Gasteiger partial charge in [-0.15, -0.1) is 0 Å². The molecule has 1 unspecified atom stereocenters. The topological polar surface area (TPSA) is 89.5 Å². The van der Waals surface area contributed by atoms with Gasteiger partial charge in [0.2, 0.25) is 10.0 Å². The lowest BCUT2D eigenvalue weighted by Gasteiger charge is -2.33. The Morgan fingerprint density at radius 2 is 2.04 bits per heavy atom. The lowest BCUT2D eigenvalue weighted by Crippen LogP contribution is -2.33. The predicted molar refractivity (Wildman–Crippen MR) is 108 cm³/mol. The SMILES string of the molecule is CCCC12CCC(=O)C=C1c1c(cc(OCC(=O)NS(C)(=O)=O)c(Cl)c1Cl)C2. The third kappa shape index (κ3) is 4.07. The van der Waals surface area contributed by atoms with E-state index in [1.807, 2.05) is 4.72 Å². The summed E-state index contributed by atoms with van der Waals surface area (Å²) in [5.74, 6) is -0.509. The molecule has 152 valence electrons. The number of hydrogen-bond acceptors (Lipinski definition) is 5. The van der Waals surface area contributed by atoms with Gasteiger partial charge < -0.3 is 4.74 Å². The third-order valence-electron chi connectivity index (χ3n) is 5.17. The number of fused-ring (bicyclic) bond motifs is 3. The first kappa shape index (κ1) is 21.1. The summed E-state index contributed by atoms with van der Waals surface area (Å²) in [6, 6.07) is 1.73. The second-order valence-corrected chi connectivity index (χ2v) is 9.86. The van der Waals surface area contributed by atoms with Crippen molar-refractivity contribution in [3.63, 3.8) is 0 Å². The number of ether oxygens (including phenoxy) is 1. The number of benzene rings is 1. The van der Waals surface area contributed by atoms with Crippen LogP contribution in [0.5, 0.6) is 5.75 Å². The van der Waals surface area contributed by atoms with E-state index in [-0.39, 0.29) is 27.0 Å². The van der Waals surface area contributed by atoms with Crippen molar-refractivity contribution in [2.24, 2.45) is 5.41 Å². The van der Waals surface area contributed by atoms with E-state index in [9.17, 15) is 18.0 Å². The number of allylic oxidation sites excluding steroid dienone is 2. The van der Waals surface area contributed by atoms with Crippen LogP contribution in [0.25, 0.3) is 5.57 Å². The molecule has 0 heterocycles. The quantitative estimate of drug-likeness (QED) is 0.722. The maximum atomic E-state index is 12.0. The highest BCUT2D eigenvalue weighted by molar-refractivity contribution is 7.89. The summed E-state index contributed by atoms with van der Waals surface area (Å²) in [5.41, 5.74) is 2.50. The van der Waals surface area contributed by atoms with Gasteiger partial charge in [0.1, 0.15) is 10.8 Å². The second kappa shape index (κ2) is 7.69. The molecule has 9 heteroatoms. The van der Waals surface area contributed by atoms with Crippen molar-refractivity contribution in [3.8, 4) is 5.75 Å². The van der Waals surface area contributed by atoms with Crippen LogP contribution in [0, 0.1) is 5.41 Å². The lowest BCUT2D eigenvalue weighted by molar-refractivity contribution is -0.121. The zero-order valence-electron chi connectivity index (χ0n) is 15.6. The third-order valence-corrected chi connectivity index (χ3v) is 6.61. The summed E-state index contributed by atoms with van der Waals surface area (Å²) < 4.78 is 29.5. The monoisotopic (exact) mass is 445 g/mol. The smallest absolute Gasteiger partial charge is 0.271 e. The van der Waals surface area contributed by atoms with E-state index >= 15 is 0 Å². The molecule has 1 N–H and O–H groups in total. The van der Waals surface area contributed by atoms with E-state index in [1.165, 1.54) is 0 Å². The fourth-order valence-corrected chi connectivity index (χ4v) is 5.16. The van der Waals surface area contributed by atoms with Gasteiger partial charge in [0.15, 0.2) is 12.4 Å². The molecule has 1 atom stereocenters. The van der Waals surface area contributed by atoms with Crippen molar-refractivity contribution in [2.45, 2.75) is 39.0 Å². The molecule has 0 fully saturated rings. The van der Waals surface area contributed by atoms with Gasteiger partial charge in [-0.3, -0.25) is 14.3 Å². The summed E-state index contributed by atoms with van der Waals surface area (Å²) in [5, 5.41) is 0.426. The van der Waals surface area contributed by atoms with Gasteiger partial charge in [0, 0.05) is 17.4 Å². The zero-order valence-corrected chi connectivity index (χ0v) is 17.9.